The smallest absolute Gasteiger partial charge is 0.235 e. The van der Waals surface area contributed by atoms with Crippen LogP contribution in [0.25, 0.3) is 0 Å². The van der Waals surface area contributed by atoms with Crippen LogP contribution in [-0.2, 0) is 10.0 Å². The average Bonchev–Trinajstić information content (AvgIpc) is 2.55. The number of aliphatic hydroxyl groups is 1. The second-order valence-electron chi connectivity index (χ2n) is 5.34. The van der Waals surface area contributed by atoms with Gasteiger partial charge in [0.1, 0.15) is 0 Å². The van der Waals surface area contributed by atoms with Crippen LogP contribution in [0.3, 0.4) is 0 Å². The van der Waals surface area contributed by atoms with Gasteiger partial charge in [0, 0.05) is 8.43 Å². The Balaban J connectivity index is 2.16. The van der Waals surface area contributed by atoms with E-state index in [1.54, 1.807) is 18.2 Å². The molecule has 2 rings (SSSR count). The lowest BCUT2D eigenvalue weighted by atomic mass is 10.0. The van der Waals surface area contributed by atoms with E-state index in [4.69, 9.17) is 8.48 Å². The summed E-state index contributed by atoms with van der Waals surface area (Å²) in [5.41, 5.74) is 5.96. The lowest BCUT2D eigenvalue weighted by Gasteiger charge is -2.22. The van der Waals surface area contributed by atoms with E-state index in [0.29, 0.717) is 24.1 Å². The minimum absolute atomic E-state index is 0.296. The monoisotopic (exact) mass is 314 g/mol. The third-order valence-electron chi connectivity index (χ3n) is 3.76. The van der Waals surface area contributed by atoms with Gasteiger partial charge in [-0.05, 0) is 43.5 Å². The first kappa shape index (κ1) is 13.5. The van der Waals surface area contributed by atoms with Gasteiger partial charge in [-0.1, -0.05) is 31.4 Å². The van der Waals surface area contributed by atoms with E-state index in [-0.39, 0.29) is 11.8 Å². The van der Waals surface area contributed by atoms with Crippen molar-refractivity contribution in [2.24, 2.45) is 5.73 Å². The van der Waals surface area contributed by atoms with E-state index in [9.17, 15) is 13.5 Å². The summed E-state index contributed by atoms with van der Waals surface area (Å²) in [7, 11) is -3.47. The Labute approximate surface area is 129 Å². The first-order valence-corrected chi connectivity index (χ1v) is 8.80. The Morgan fingerprint density at radius 1 is 1.38 bits per heavy atom. The molecule has 0 spiro atoms. The van der Waals surface area contributed by atoms with Crippen LogP contribution in [0.5, 0.6) is 0 Å². The molecule has 1 saturated carbocycles. The molecule has 5 nitrogen and oxygen atoms in total. The van der Waals surface area contributed by atoms with E-state index >= 15 is 0 Å². The van der Waals surface area contributed by atoms with Gasteiger partial charge in [-0.2, -0.15) is 0 Å². The molecule has 0 amide bonds. The Hall–Kier alpha value is -1.11. The Bertz CT molecular complexity index is 631. The molecule has 1 aromatic rings. The molecule has 1 unspecified atom stereocenters. The molecular weight excluding hydrogens is 288 g/mol. The predicted molar refractivity (Wildman–Crippen MR) is 84.5 cm³/mol. The SMILES string of the molecule is [2H]C([2H])(CN)C(O)c1cccc(NS(=O)(=O)C2CCCCC2)c1. The largest absolute Gasteiger partial charge is 0.388 e. The average molecular weight is 314 g/mol. The summed E-state index contributed by atoms with van der Waals surface area (Å²) < 4.78 is 42.8. The molecule has 6 heteroatoms. The standard InChI is InChI=1S/C15H24N2O3S/c16-10-9-15(18)12-5-4-6-13(11-12)17-21(19,20)14-7-2-1-3-8-14/h4-6,11,14-15,17-18H,1-3,7-10,16H2/i9D2. The molecule has 0 bridgehead atoms. The number of hydrogen-bond donors (Lipinski definition) is 3. The maximum atomic E-state index is 12.4. The summed E-state index contributed by atoms with van der Waals surface area (Å²) in [6, 6.07) is 6.19. The van der Waals surface area contributed by atoms with Crippen molar-refractivity contribution in [3.8, 4) is 0 Å². The number of rotatable bonds is 6. The van der Waals surface area contributed by atoms with Crippen LogP contribution < -0.4 is 10.5 Å². The van der Waals surface area contributed by atoms with Gasteiger partial charge in [-0.3, -0.25) is 4.72 Å². The number of anilines is 1. The van der Waals surface area contributed by atoms with Crippen LogP contribution >= 0.6 is 0 Å². The first-order valence-electron chi connectivity index (χ1n) is 8.26. The zero-order valence-corrected chi connectivity index (χ0v) is 12.8. The highest BCUT2D eigenvalue weighted by Gasteiger charge is 2.27. The molecule has 1 aromatic carbocycles. The van der Waals surface area contributed by atoms with Crippen LogP contribution in [-0.4, -0.2) is 25.3 Å². The zero-order valence-electron chi connectivity index (χ0n) is 14.0. The fourth-order valence-electron chi connectivity index (χ4n) is 2.62. The molecule has 0 aromatic heterocycles. The third-order valence-corrected chi connectivity index (χ3v) is 5.63. The highest BCUT2D eigenvalue weighted by Crippen LogP contribution is 2.26. The fourth-order valence-corrected chi connectivity index (χ4v) is 4.20. The zero-order chi connectivity index (χ0) is 17.1. The quantitative estimate of drug-likeness (QED) is 0.750. The third kappa shape index (κ3) is 4.43. The number of nitrogens with one attached hydrogen (secondary N) is 1. The Kier molecular flexibility index (Phi) is 4.67. The van der Waals surface area contributed by atoms with E-state index in [0.717, 1.165) is 19.3 Å². The highest BCUT2D eigenvalue weighted by molar-refractivity contribution is 7.93. The number of nitrogens with two attached hydrogens (primary N) is 1. The molecule has 118 valence electrons. The maximum absolute atomic E-state index is 12.4. The van der Waals surface area contributed by atoms with Crippen molar-refractivity contribution in [2.45, 2.75) is 49.8 Å². The molecule has 1 atom stereocenters. The molecule has 1 aliphatic rings. The van der Waals surface area contributed by atoms with Crippen molar-refractivity contribution in [2.75, 3.05) is 11.3 Å². The topological polar surface area (TPSA) is 92.4 Å². The van der Waals surface area contributed by atoms with Crippen molar-refractivity contribution in [3.05, 3.63) is 29.8 Å². The number of sulfonamides is 1. The normalized spacial score (nSPS) is 20.5. The van der Waals surface area contributed by atoms with Crippen LogP contribution in [0.4, 0.5) is 5.69 Å². The molecule has 0 heterocycles. The fraction of sp³-hybridized carbons (Fsp3) is 0.600. The summed E-state index contributed by atoms with van der Waals surface area (Å²) in [6.07, 6.45) is 0.845. The first-order chi connectivity index (χ1) is 10.8. The summed E-state index contributed by atoms with van der Waals surface area (Å²) >= 11 is 0. The van der Waals surface area contributed by atoms with E-state index in [1.165, 1.54) is 6.07 Å². The van der Waals surface area contributed by atoms with Crippen molar-refractivity contribution in [1.82, 2.24) is 0 Å². The number of benzene rings is 1. The lowest BCUT2D eigenvalue weighted by Crippen LogP contribution is -2.29. The lowest BCUT2D eigenvalue weighted by molar-refractivity contribution is 0.170. The molecule has 4 N–H and O–H groups in total. The summed E-state index contributed by atoms with van der Waals surface area (Å²) in [5, 5.41) is 9.70. The van der Waals surface area contributed by atoms with Gasteiger partial charge in [0.25, 0.3) is 0 Å². The molecule has 21 heavy (non-hydrogen) atoms. The van der Waals surface area contributed by atoms with Crippen molar-refractivity contribution in [1.29, 1.82) is 0 Å². The maximum Gasteiger partial charge on any atom is 0.235 e. The van der Waals surface area contributed by atoms with Crippen molar-refractivity contribution < 1.29 is 16.3 Å². The van der Waals surface area contributed by atoms with Gasteiger partial charge in [0.15, 0.2) is 0 Å². The molecule has 1 aliphatic carbocycles. The second-order valence-corrected chi connectivity index (χ2v) is 7.30. The number of hydrogen-bond acceptors (Lipinski definition) is 4. The van der Waals surface area contributed by atoms with Gasteiger partial charge < -0.3 is 10.8 Å². The van der Waals surface area contributed by atoms with E-state index in [2.05, 4.69) is 4.72 Å². The number of aliphatic hydroxyl groups excluding tert-OH is 1. The van der Waals surface area contributed by atoms with E-state index < -0.39 is 22.5 Å². The minimum Gasteiger partial charge on any atom is -0.388 e. The Morgan fingerprint density at radius 3 is 2.76 bits per heavy atom. The van der Waals surface area contributed by atoms with E-state index in [1.807, 2.05) is 0 Å². The summed E-state index contributed by atoms with van der Waals surface area (Å²) in [6.45, 7) is -0.327. The molecular formula is C15H24N2O3S. The van der Waals surface area contributed by atoms with Gasteiger partial charge >= 0.3 is 0 Å². The minimum atomic E-state index is -3.47. The predicted octanol–water partition coefficient (Wildman–Crippen LogP) is 2.14. The van der Waals surface area contributed by atoms with Gasteiger partial charge in [-0.15, -0.1) is 0 Å². The van der Waals surface area contributed by atoms with Crippen molar-refractivity contribution >= 4 is 15.7 Å². The van der Waals surface area contributed by atoms with Crippen molar-refractivity contribution in [3.63, 3.8) is 0 Å². The van der Waals surface area contributed by atoms with Gasteiger partial charge in [-0.25, -0.2) is 8.42 Å². The summed E-state index contributed by atoms with van der Waals surface area (Å²) in [5.74, 6) is 0. The van der Waals surface area contributed by atoms with Crippen LogP contribution in [0.15, 0.2) is 24.3 Å². The van der Waals surface area contributed by atoms with Crippen LogP contribution in [0, 0.1) is 0 Å². The van der Waals surface area contributed by atoms with Crippen LogP contribution in [0.2, 0.25) is 0 Å². The van der Waals surface area contributed by atoms with Crippen LogP contribution in [0.1, 0.15) is 52.9 Å². The molecule has 1 fully saturated rings. The van der Waals surface area contributed by atoms with Gasteiger partial charge in [0.2, 0.25) is 10.0 Å². The Morgan fingerprint density at radius 2 is 2.10 bits per heavy atom. The summed E-state index contributed by atoms with van der Waals surface area (Å²) in [4.78, 5) is 0. The molecule has 0 aliphatic heterocycles. The molecule has 0 saturated heterocycles. The molecule has 0 radical (unpaired) electrons. The van der Waals surface area contributed by atoms with Gasteiger partial charge in [0.05, 0.1) is 11.4 Å². The highest BCUT2D eigenvalue weighted by atomic mass is 32.2. The second kappa shape index (κ2) is 7.24.